The van der Waals surface area contributed by atoms with E-state index in [1.54, 1.807) is 51.1 Å². The molecule has 1 saturated heterocycles. The van der Waals surface area contributed by atoms with Crippen LogP contribution in [0.1, 0.15) is 57.2 Å². The van der Waals surface area contributed by atoms with E-state index >= 15 is 0 Å². The molecule has 1 aliphatic heterocycles. The Kier molecular flexibility index (Phi) is 9.50. The minimum atomic E-state index is -4.58. The van der Waals surface area contributed by atoms with Crippen molar-refractivity contribution >= 4 is 18.0 Å². The molecule has 1 heterocycles. The Morgan fingerprint density at radius 2 is 1.65 bits per heavy atom. The van der Waals surface area contributed by atoms with Gasteiger partial charge in [0.1, 0.15) is 18.2 Å². The Balaban J connectivity index is 1.80. The van der Waals surface area contributed by atoms with E-state index in [9.17, 15) is 32.7 Å². The second kappa shape index (κ2) is 12.3. The standard InChI is InChI=1S/C29H35F3N2O6/c1-20(34(26(37)38)18-21-9-6-5-7-10-21)25(36)33-15-13-28(14-16-33,39-19-24(35)40-27(2,3)4)22-11-8-12-23(17-22)29(30,31)32/h5-12,17,20H,13-16,18-19H2,1-4H3,(H,37,38)/t20-/m0/s1. The summed E-state index contributed by atoms with van der Waals surface area (Å²) in [4.78, 5) is 40.3. The molecule has 8 nitrogen and oxygen atoms in total. The van der Waals surface area contributed by atoms with Crippen LogP contribution in [0.15, 0.2) is 54.6 Å². The molecule has 2 aromatic rings. The number of nitrogens with zero attached hydrogens (tertiary/aromatic N) is 2. The van der Waals surface area contributed by atoms with Gasteiger partial charge in [-0.25, -0.2) is 9.59 Å². The van der Waals surface area contributed by atoms with E-state index < -0.39 is 53.6 Å². The van der Waals surface area contributed by atoms with E-state index in [-0.39, 0.29) is 38.0 Å². The van der Waals surface area contributed by atoms with Gasteiger partial charge in [-0.2, -0.15) is 13.2 Å². The smallest absolute Gasteiger partial charge is 0.416 e. The molecule has 1 fully saturated rings. The summed E-state index contributed by atoms with van der Waals surface area (Å²) in [7, 11) is 0. The molecule has 40 heavy (non-hydrogen) atoms. The number of halogens is 3. The summed E-state index contributed by atoms with van der Waals surface area (Å²) < 4.78 is 51.8. The number of carbonyl (C=O) groups is 3. The van der Waals surface area contributed by atoms with E-state index in [4.69, 9.17) is 9.47 Å². The number of ether oxygens (including phenoxy) is 2. The molecule has 0 spiro atoms. The largest absolute Gasteiger partial charge is 0.465 e. The molecule has 0 saturated carbocycles. The van der Waals surface area contributed by atoms with Crippen molar-refractivity contribution < 1.29 is 42.1 Å². The van der Waals surface area contributed by atoms with Crippen molar-refractivity contribution in [3.05, 3.63) is 71.3 Å². The minimum Gasteiger partial charge on any atom is -0.465 e. The van der Waals surface area contributed by atoms with Gasteiger partial charge in [0.2, 0.25) is 5.91 Å². The third-order valence-corrected chi connectivity index (χ3v) is 6.75. The van der Waals surface area contributed by atoms with Crippen LogP contribution in [-0.4, -0.2) is 64.2 Å². The number of esters is 1. The second-order valence-corrected chi connectivity index (χ2v) is 10.8. The van der Waals surface area contributed by atoms with Crippen molar-refractivity contribution in [3.63, 3.8) is 0 Å². The molecule has 1 atom stereocenters. The van der Waals surface area contributed by atoms with Gasteiger partial charge < -0.3 is 19.5 Å². The van der Waals surface area contributed by atoms with Gasteiger partial charge in [-0.05, 0) is 63.8 Å². The first-order chi connectivity index (χ1) is 18.6. The number of carbonyl (C=O) groups excluding carboxylic acids is 2. The van der Waals surface area contributed by atoms with Gasteiger partial charge in [0.25, 0.3) is 0 Å². The van der Waals surface area contributed by atoms with Crippen molar-refractivity contribution in [2.75, 3.05) is 19.7 Å². The monoisotopic (exact) mass is 564 g/mol. The van der Waals surface area contributed by atoms with Crippen LogP contribution in [0.2, 0.25) is 0 Å². The zero-order valence-electron chi connectivity index (χ0n) is 23.0. The predicted molar refractivity (Wildman–Crippen MR) is 140 cm³/mol. The maximum Gasteiger partial charge on any atom is 0.416 e. The Hall–Kier alpha value is -3.60. The number of likely N-dealkylation sites (tertiary alicyclic amines) is 1. The highest BCUT2D eigenvalue weighted by Gasteiger charge is 2.42. The number of alkyl halides is 3. The summed E-state index contributed by atoms with van der Waals surface area (Å²) in [5.41, 5.74) is -1.94. The first-order valence-corrected chi connectivity index (χ1v) is 13.0. The van der Waals surface area contributed by atoms with Crippen LogP contribution in [0.5, 0.6) is 0 Å². The van der Waals surface area contributed by atoms with Crippen LogP contribution in [0, 0.1) is 0 Å². The fourth-order valence-electron chi connectivity index (χ4n) is 4.70. The predicted octanol–water partition coefficient (Wildman–Crippen LogP) is 5.45. The number of amides is 2. The number of piperidine rings is 1. The van der Waals surface area contributed by atoms with E-state index in [2.05, 4.69) is 0 Å². The quantitative estimate of drug-likeness (QED) is 0.429. The lowest BCUT2D eigenvalue weighted by atomic mass is 9.83. The van der Waals surface area contributed by atoms with Gasteiger partial charge in [0.15, 0.2) is 0 Å². The van der Waals surface area contributed by atoms with E-state index in [1.807, 2.05) is 0 Å². The van der Waals surface area contributed by atoms with Crippen LogP contribution in [-0.2, 0) is 37.4 Å². The Morgan fingerprint density at radius 3 is 2.20 bits per heavy atom. The zero-order valence-corrected chi connectivity index (χ0v) is 23.0. The number of rotatable bonds is 8. The van der Waals surface area contributed by atoms with E-state index in [1.165, 1.54) is 24.0 Å². The van der Waals surface area contributed by atoms with Crippen LogP contribution >= 0.6 is 0 Å². The lowest BCUT2D eigenvalue weighted by Crippen LogP contribution is -2.53. The highest BCUT2D eigenvalue weighted by Crippen LogP contribution is 2.40. The second-order valence-electron chi connectivity index (χ2n) is 10.8. The molecule has 1 aliphatic rings. The molecule has 2 amide bonds. The molecule has 11 heteroatoms. The van der Waals surface area contributed by atoms with E-state index in [0.717, 1.165) is 22.6 Å². The van der Waals surface area contributed by atoms with Crippen molar-refractivity contribution in [2.24, 2.45) is 0 Å². The van der Waals surface area contributed by atoms with Crippen molar-refractivity contribution in [2.45, 2.75) is 70.5 Å². The molecule has 0 aromatic heterocycles. The molecule has 218 valence electrons. The number of hydrogen-bond donors (Lipinski definition) is 1. The molecule has 3 rings (SSSR count). The van der Waals surface area contributed by atoms with Crippen LogP contribution < -0.4 is 0 Å². The summed E-state index contributed by atoms with van der Waals surface area (Å²) in [5, 5.41) is 9.78. The Labute approximate surface area is 231 Å². The summed E-state index contributed by atoms with van der Waals surface area (Å²) in [6, 6.07) is 12.6. The summed E-state index contributed by atoms with van der Waals surface area (Å²) in [5.74, 6) is -1.09. The van der Waals surface area contributed by atoms with Crippen molar-refractivity contribution in [1.29, 1.82) is 0 Å². The zero-order chi connectivity index (χ0) is 29.7. The number of hydrogen-bond acceptors (Lipinski definition) is 5. The minimum absolute atomic E-state index is 0.0179. The van der Waals surface area contributed by atoms with Gasteiger partial charge in [-0.15, -0.1) is 0 Å². The molecule has 0 aliphatic carbocycles. The normalized spacial score (nSPS) is 16.2. The molecule has 2 aromatic carbocycles. The van der Waals surface area contributed by atoms with Gasteiger partial charge in [0.05, 0.1) is 11.2 Å². The summed E-state index contributed by atoms with van der Waals surface area (Å²) >= 11 is 0. The lowest BCUT2D eigenvalue weighted by molar-refractivity contribution is -0.173. The maximum atomic E-state index is 13.5. The molecular formula is C29H35F3N2O6. The van der Waals surface area contributed by atoms with Crippen LogP contribution in [0.25, 0.3) is 0 Å². The molecule has 0 unspecified atom stereocenters. The third kappa shape index (κ3) is 7.97. The SMILES string of the molecule is C[C@@H](C(=O)N1CCC(OCC(=O)OC(C)(C)C)(c2cccc(C(F)(F)F)c2)CC1)N(Cc1ccccc1)C(=O)O. The van der Waals surface area contributed by atoms with Crippen LogP contribution in [0.3, 0.4) is 0 Å². The summed E-state index contributed by atoms with van der Waals surface area (Å²) in [6.07, 6.45) is -5.63. The number of carboxylic acid groups (broad SMARTS) is 1. The molecule has 0 bridgehead atoms. The summed E-state index contributed by atoms with van der Waals surface area (Å²) in [6.45, 7) is 6.29. The topological polar surface area (TPSA) is 96.4 Å². The van der Waals surface area contributed by atoms with Gasteiger partial charge >= 0.3 is 18.2 Å². The molecular weight excluding hydrogens is 529 g/mol. The van der Waals surface area contributed by atoms with Gasteiger partial charge in [-0.1, -0.05) is 42.5 Å². The van der Waals surface area contributed by atoms with Gasteiger partial charge in [0, 0.05) is 19.6 Å². The first kappa shape index (κ1) is 30.9. The van der Waals surface area contributed by atoms with Crippen molar-refractivity contribution in [1.82, 2.24) is 9.80 Å². The Morgan fingerprint density at radius 1 is 1.02 bits per heavy atom. The number of benzene rings is 2. The maximum absolute atomic E-state index is 13.5. The van der Waals surface area contributed by atoms with Crippen LogP contribution in [0.4, 0.5) is 18.0 Å². The fraction of sp³-hybridized carbons (Fsp3) is 0.483. The average molecular weight is 565 g/mol. The average Bonchev–Trinajstić information content (AvgIpc) is 2.89. The van der Waals surface area contributed by atoms with E-state index in [0.29, 0.717) is 0 Å². The molecule has 1 N–H and O–H groups in total. The Bertz CT molecular complexity index is 1190. The highest BCUT2D eigenvalue weighted by molar-refractivity contribution is 5.85. The lowest BCUT2D eigenvalue weighted by Gasteiger charge is -2.43. The first-order valence-electron chi connectivity index (χ1n) is 13.0. The highest BCUT2D eigenvalue weighted by atomic mass is 19.4. The van der Waals surface area contributed by atoms with Gasteiger partial charge in [-0.3, -0.25) is 9.69 Å². The fourth-order valence-corrected chi connectivity index (χ4v) is 4.70. The van der Waals surface area contributed by atoms with Crippen molar-refractivity contribution in [3.8, 4) is 0 Å². The molecule has 0 radical (unpaired) electrons. The third-order valence-electron chi connectivity index (χ3n) is 6.75.